The van der Waals surface area contributed by atoms with Crippen LogP contribution in [0.1, 0.15) is 41.0 Å². The third-order valence-corrected chi connectivity index (χ3v) is 5.74. The van der Waals surface area contributed by atoms with Gasteiger partial charge in [0.1, 0.15) is 0 Å². The Morgan fingerprint density at radius 2 is 2.07 bits per heavy atom. The summed E-state index contributed by atoms with van der Waals surface area (Å²) in [4.78, 5) is 22.6. The van der Waals surface area contributed by atoms with Gasteiger partial charge in [-0.05, 0) is 67.5 Å². The SMILES string of the molecule is Cc1ccc(C)c(NC(=O)CCN2C(=S)N[C@@H](c3ccccn3)[C@@H]2c2ccc[nH]2)c1. The first-order valence-corrected chi connectivity index (χ1v) is 10.4. The maximum atomic E-state index is 12.7. The number of carbonyl (C=O) groups is 1. The van der Waals surface area contributed by atoms with E-state index in [1.54, 1.807) is 6.20 Å². The van der Waals surface area contributed by atoms with Crippen molar-refractivity contribution in [3.8, 4) is 0 Å². The molecule has 0 radical (unpaired) electrons. The van der Waals surface area contributed by atoms with E-state index < -0.39 is 0 Å². The Balaban J connectivity index is 1.50. The van der Waals surface area contributed by atoms with E-state index in [0.717, 1.165) is 28.2 Å². The Kier molecular flexibility index (Phi) is 5.81. The van der Waals surface area contributed by atoms with Gasteiger partial charge in [0.2, 0.25) is 5.91 Å². The third-order valence-electron chi connectivity index (χ3n) is 5.39. The van der Waals surface area contributed by atoms with E-state index in [9.17, 15) is 4.79 Å². The van der Waals surface area contributed by atoms with Gasteiger partial charge < -0.3 is 20.5 Å². The number of anilines is 1. The number of H-pyrrole nitrogens is 1. The van der Waals surface area contributed by atoms with E-state index in [1.165, 1.54) is 0 Å². The maximum absolute atomic E-state index is 12.7. The molecule has 0 spiro atoms. The smallest absolute Gasteiger partial charge is 0.226 e. The quantitative estimate of drug-likeness (QED) is 0.526. The molecule has 3 heterocycles. The van der Waals surface area contributed by atoms with Crippen LogP contribution >= 0.6 is 12.2 Å². The molecule has 0 saturated carbocycles. The van der Waals surface area contributed by atoms with Crippen LogP contribution in [0.2, 0.25) is 0 Å². The summed E-state index contributed by atoms with van der Waals surface area (Å²) in [5, 5.41) is 7.05. The Morgan fingerprint density at radius 3 is 2.80 bits per heavy atom. The molecule has 30 heavy (non-hydrogen) atoms. The third kappa shape index (κ3) is 4.21. The lowest BCUT2D eigenvalue weighted by molar-refractivity contribution is -0.116. The molecule has 3 N–H and O–H groups in total. The molecule has 2 atom stereocenters. The number of amides is 1. The van der Waals surface area contributed by atoms with Gasteiger partial charge in [0, 0.05) is 36.7 Å². The summed E-state index contributed by atoms with van der Waals surface area (Å²) in [5.41, 5.74) is 4.97. The van der Waals surface area contributed by atoms with Crippen molar-refractivity contribution in [1.82, 2.24) is 20.2 Å². The number of nitrogens with zero attached hydrogens (tertiary/aromatic N) is 2. The summed E-state index contributed by atoms with van der Waals surface area (Å²) in [6.45, 7) is 4.52. The van der Waals surface area contributed by atoms with Crippen molar-refractivity contribution in [2.24, 2.45) is 0 Å². The highest BCUT2D eigenvalue weighted by atomic mass is 32.1. The Labute approximate surface area is 181 Å². The van der Waals surface area contributed by atoms with Crippen LogP contribution in [0.15, 0.2) is 60.9 Å². The predicted molar refractivity (Wildman–Crippen MR) is 122 cm³/mol. The van der Waals surface area contributed by atoms with Crippen molar-refractivity contribution in [3.05, 3.63) is 83.4 Å². The minimum atomic E-state index is -0.0839. The van der Waals surface area contributed by atoms with Crippen molar-refractivity contribution < 1.29 is 4.79 Å². The zero-order chi connectivity index (χ0) is 21.1. The van der Waals surface area contributed by atoms with Gasteiger partial charge in [-0.15, -0.1) is 0 Å². The number of aryl methyl sites for hydroxylation is 2. The standard InChI is InChI=1S/C23H25N5OS/c1-15-8-9-16(2)19(14-15)26-20(29)10-13-28-22(18-7-5-12-25-18)21(27-23(28)30)17-6-3-4-11-24-17/h3-9,11-12,14,21-22,25H,10,13H2,1-2H3,(H,26,29)(H,27,30)/t21-,22-/m0/s1. The molecule has 1 aliphatic heterocycles. The molecule has 3 aromatic rings. The lowest BCUT2D eigenvalue weighted by Crippen LogP contribution is -2.32. The van der Waals surface area contributed by atoms with Crippen molar-refractivity contribution in [2.45, 2.75) is 32.4 Å². The number of pyridine rings is 1. The van der Waals surface area contributed by atoms with E-state index in [2.05, 4.69) is 25.5 Å². The van der Waals surface area contributed by atoms with Gasteiger partial charge in [-0.1, -0.05) is 18.2 Å². The number of rotatable bonds is 6. The number of hydrogen-bond donors (Lipinski definition) is 3. The number of aromatic nitrogens is 2. The van der Waals surface area contributed by atoms with Crippen LogP contribution in [0.25, 0.3) is 0 Å². The minimum Gasteiger partial charge on any atom is -0.363 e. The molecule has 4 rings (SSSR count). The van der Waals surface area contributed by atoms with E-state index >= 15 is 0 Å². The van der Waals surface area contributed by atoms with E-state index in [4.69, 9.17) is 12.2 Å². The summed E-state index contributed by atoms with van der Waals surface area (Å²) >= 11 is 5.63. The second kappa shape index (κ2) is 8.67. The number of carbonyl (C=O) groups excluding carboxylic acids is 1. The van der Waals surface area contributed by atoms with E-state index in [0.29, 0.717) is 18.1 Å². The second-order valence-corrected chi connectivity index (χ2v) is 7.95. The minimum absolute atomic E-state index is 0.0296. The van der Waals surface area contributed by atoms with Crippen molar-refractivity contribution in [2.75, 3.05) is 11.9 Å². The van der Waals surface area contributed by atoms with Crippen LogP contribution in [-0.2, 0) is 4.79 Å². The highest BCUT2D eigenvalue weighted by Gasteiger charge is 2.40. The van der Waals surface area contributed by atoms with Crippen LogP contribution in [0.5, 0.6) is 0 Å². The average Bonchev–Trinajstić information content (AvgIpc) is 3.37. The molecule has 1 saturated heterocycles. The molecule has 1 fully saturated rings. The zero-order valence-electron chi connectivity index (χ0n) is 17.1. The van der Waals surface area contributed by atoms with Gasteiger partial charge in [0.05, 0.1) is 17.8 Å². The van der Waals surface area contributed by atoms with Crippen molar-refractivity contribution in [3.63, 3.8) is 0 Å². The molecule has 0 unspecified atom stereocenters. The first-order chi connectivity index (χ1) is 14.5. The van der Waals surface area contributed by atoms with Crippen molar-refractivity contribution in [1.29, 1.82) is 0 Å². The molecule has 6 nitrogen and oxygen atoms in total. The van der Waals surface area contributed by atoms with Crippen molar-refractivity contribution >= 4 is 28.9 Å². The fourth-order valence-electron chi connectivity index (χ4n) is 3.82. The number of hydrogen-bond acceptors (Lipinski definition) is 3. The first-order valence-electron chi connectivity index (χ1n) is 10.0. The summed E-state index contributed by atoms with van der Waals surface area (Å²) < 4.78 is 0. The Morgan fingerprint density at radius 1 is 1.20 bits per heavy atom. The number of nitrogens with one attached hydrogen (secondary N) is 3. The molecule has 2 aromatic heterocycles. The molecular weight excluding hydrogens is 394 g/mol. The van der Waals surface area contributed by atoms with Crippen LogP contribution in [0.3, 0.4) is 0 Å². The van der Waals surface area contributed by atoms with E-state index in [-0.39, 0.29) is 18.0 Å². The largest absolute Gasteiger partial charge is 0.363 e. The lowest BCUT2D eigenvalue weighted by atomic mass is 10.0. The molecule has 0 aliphatic carbocycles. The predicted octanol–water partition coefficient (Wildman–Crippen LogP) is 4.03. The van der Waals surface area contributed by atoms with Crippen LogP contribution in [0.4, 0.5) is 5.69 Å². The molecule has 1 aromatic carbocycles. The molecule has 154 valence electrons. The van der Waals surface area contributed by atoms with Gasteiger partial charge in [-0.3, -0.25) is 9.78 Å². The normalized spacial score (nSPS) is 18.3. The summed E-state index contributed by atoms with van der Waals surface area (Å²) in [5.74, 6) is -0.0296. The Hall–Kier alpha value is -3.19. The van der Waals surface area contributed by atoms with Gasteiger partial charge in [0.15, 0.2) is 5.11 Å². The molecule has 1 aliphatic rings. The Bertz CT molecular complexity index is 1040. The number of aromatic amines is 1. The molecular formula is C23H25N5OS. The zero-order valence-corrected chi connectivity index (χ0v) is 17.9. The van der Waals surface area contributed by atoms with Crippen LogP contribution < -0.4 is 10.6 Å². The monoisotopic (exact) mass is 419 g/mol. The number of thiocarbonyl (C=S) groups is 1. The highest BCUT2D eigenvalue weighted by molar-refractivity contribution is 7.80. The second-order valence-electron chi connectivity index (χ2n) is 7.56. The summed E-state index contributed by atoms with van der Waals surface area (Å²) in [7, 11) is 0. The lowest BCUT2D eigenvalue weighted by Gasteiger charge is -2.26. The molecule has 0 bridgehead atoms. The van der Waals surface area contributed by atoms with Gasteiger partial charge in [0.25, 0.3) is 0 Å². The van der Waals surface area contributed by atoms with Gasteiger partial charge in [-0.25, -0.2) is 0 Å². The summed E-state index contributed by atoms with van der Waals surface area (Å²) in [6, 6.07) is 15.8. The number of benzene rings is 1. The summed E-state index contributed by atoms with van der Waals surface area (Å²) in [6.07, 6.45) is 4.02. The fourth-order valence-corrected chi connectivity index (χ4v) is 4.15. The van der Waals surface area contributed by atoms with Crippen LogP contribution in [-0.4, -0.2) is 32.4 Å². The van der Waals surface area contributed by atoms with E-state index in [1.807, 2.05) is 68.6 Å². The topological polar surface area (TPSA) is 73.1 Å². The van der Waals surface area contributed by atoms with Gasteiger partial charge >= 0.3 is 0 Å². The maximum Gasteiger partial charge on any atom is 0.226 e. The fraction of sp³-hybridized carbons (Fsp3) is 0.261. The van der Waals surface area contributed by atoms with Crippen LogP contribution in [0, 0.1) is 13.8 Å². The first kappa shape index (κ1) is 20.1. The molecule has 1 amide bonds. The van der Waals surface area contributed by atoms with Gasteiger partial charge in [-0.2, -0.15) is 0 Å². The highest BCUT2D eigenvalue weighted by Crippen LogP contribution is 2.37. The average molecular weight is 420 g/mol. The molecule has 7 heteroatoms.